The quantitative estimate of drug-likeness (QED) is 0.707. The maximum absolute atomic E-state index is 5.54. The molecule has 1 heterocycles. The van der Waals surface area contributed by atoms with Gasteiger partial charge in [-0.05, 0) is 40.3 Å². The standard InChI is InChI=1S/C10H22N2O/c1-8(4-6-11)12(3)10-5-7-13-9(10)2/h8-10H,4-7,11H2,1-3H3. The molecule has 13 heavy (non-hydrogen) atoms. The van der Waals surface area contributed by atoms with E-state index < -0.39 is 0 Å². The smallest absolute Gasteiger partial charge is 0.0703 e. The predicted molar refractivity (Wildman–Crippen MR) is 54.7 cm³/mol. The van der Waals surface area contributed by atoms with Crippen molar-refractivity contribution >= 4 is 0 Å². The summed E-state index contributed by atoms with van der Waals surface area (Å²) in [5, 5.41) is 0. The first-order valence-electron chi connectivity index (χ1n) is 5.20. The molecule has 0 radical (unpaired) electrons. The Hall–Kier alpha value is -0.120. The van der Waals surface area contributed by atoms with Crippen molar-refractivity contribution in [3.63, 3.8) is 0 Å². The van der Waals surface area contributed by atoms with Crippen LogP contribution >= 0.6 is 0 Å². The number of hydrogen-bond acceptors (Lipinski definition) is 3. The molecule has 1 aliphatic rings. The van der Waals surface area contributed by atoms with Gasteiger partial charge in [-0.15, -0.1) is 0 Å². The van der Waals surface area contributed by atoms with Gasteiger partial charge in [-0.3, -0.25) is 4.90 Å². The predicted octanol–water partition coefficient (Wildman–Crippen LogP) is 0.833. The SMILES string of the molecule is CC1OCCC1N(C)C(C)CCN. The van der Waals surface area contributed by atoms with Crippen LogP contribution in [0.25, 0.3) is 0 Å². The monoisotopic (exact) mass is 186 g/mol. The van der Waals surface area contributed by atoms with Crippen LogP contribution in [0.15, 0.2) is 0 Å². The van der Waals surface area contributed by atoms with Gasteiger partial charge in [-0.1, -0.05) is 0 Å². The normalized spacial score (nSPS) is 31.2. The first-order valence-corrected chi connectivity index (χ1v) is 5.20. The van der Waals surface area contributed by atoms with Crippen molar-refractivity contribution in [2.45, 2.75) is 44.9 Å². The van der Waals surface area contributed by atoms with E-state index >= 15 is 0 Å². The van der Waals surface area contributed by atoms with Crippen molar-refractivity contribution in [3.05, 3.63) is 0 Å². The van der Waals surface area contributed by atoms with E-state index in [4.69, 9.17) is 10.5 Å². The number of ether oxygens (including phenoxy) is 1. The number of nitrogens with two attached hydrogens (primary N) is 1. The minimum atomic E-state index is 0.380. The van der Waals surface area contributed by atoms with Gasteiger partial charge in [0.1, 0.15) is 0 Å². The van der Waals surface area contributed by atoms with Crippen LogP contribution in [0.1, 0.15) is 26.7 Å². The highest BCUT2D eigenvalue weighted by molar-refractivity contribution is 4.83. The molecular weight excluding hydrogens is 164 g/mol. The molecule has 3 nitrogen and oxygen atoms in total. The maximum atomic E-state index is 5.54. The third kappa shape index (κ3) is 2.66. The van der Waals surface area contributed by atoms with Gasteiger partial charge < -0.3 is 10.5 Å². The fourth-order valence-corrected chi connectivity index (χ4v) is 2.03. The number of nitrogens with zero attached hydrogens (tertiary/aromatic N) is 1. The molecule has 3 unspecified atom stereocenters. The molecule has 0 aromatic carbocycles. The molecule has 0 saturated carbocycles. The van der Waals surface area contributed by atoms with Crippen LogP contribution in [0.3, 0.4) is 0 Å². The molecule has 1 fully saturated rings. The highest BCUT2D eigenvalue weighted by Gasteiger charge is 2.29. The third-order valence-electron chi connectivity index (χ3n) is 3.14. The Labute approximate surface area is 81.2 Å². The molecule has 0 aromatic rings. The molecule has 2 N–H and O–H groups in total. The van der Waals surface area contributed by atoms with Crippen LogP contribution < -0.4 is 5.73 Å². The first kappa shape index (κ1) is 11.0. The van der Waals surface area contributed by atoms with Gasteiger partial charge in [0, 0.05) is 18.7 Å². The van der Waals surface area contributed by atoms with Gasteiger partial charge in [0.05, 0.1) is 6.10 Å². The van der Waals surface area contributed by atoms with Gasteiger partial charge in [0.25, 0.3) is 0 Å². The van der Waals surface area contributed by atoms with Gasteiger partial charge in [0.2, 0.25) is 0 Å². The Morgan fingerprint density at radius 3 is 2.77 bits per heavy atom. The zero-order valence-electron chi connectivity index (χ0n) is 8.99. The van der Waals surface area contributed by atoms with Crippen molar-refractivity contribution in [1.82, 2.24) is 4.90 Å². The van der Waals surface area contributed by atoms with Crippen LogP contribution in [0.5, 0.6) is 0 Å². The fraction of sp³-hybridized carbons (Fsp3) is 1.00. The van der Waals surface area contributed by atoms with Crippen LogP contribution in [0, 0.1) is 0 Å². The molecule has 3 atom stereocenters. The van der Waals surface area contributed by atoms with Gasteiger partial charge in [-0.25, -0.2) is 0 Å². The molecule has 1 aliphatic heterocycles. The van der Waals surface area contributed by atoms with Gasteiger partial charge in [-0.2, -0.15) is 0 Å². The molecule has 0 aromatic heterocycles. The van der Waals surface area contributed by atoms with Crippen molar-refractivity contribution in [2.75, 3.05) is 20.2 Å². The number of likely N-dealkylation sites (N-methyl/N-ethyl adjacent to an activating group) is 1. The van der Waals surface area contributed by atoms with E-state index in [0.717, 1.165) is 26.0 Å². The Balaban J connectivity index is 2.40. The first-order chi connectivity index (χ1) is 6.16. The van der Waals surface area contributed by atoms with Crippen LogP contribution in [0.2, 0.25) is 0 Å². The molecule has 0 amide bonds. The highest BCUT2D eigenvalue weighted by atomic mass is 16.5. The summed E-state index contributed by atoms with van der Waals surface area (Å²) in [6, 6.07) is 1.15. The highest BCUT2D eigenvalue weighted by Crippen LogP contribution is 2.20. The summed E-state index contributed by atoms with van der Waals surface area (Å²) in [5.74, 6) is 0. The van der Waals surface area contributed by atoms with Crippen LogP contribution in [-0.2, 0) is 4.74 Å². The minimum Gasteiger partial charge on any atom is -0.377 e. The average Bonchev–Trinajstić information content (AvgIpc) is 2.50. The minimum absolute atomic E-state index is 0.380. The summed E-state index contributed by atoms with van der Waals surface area (Å²) in [6.07, 6.45) is 2.61. The fourth-order valence-electron chi connectivity index (χ4n) is 2.03. The topological polar surface area (TPSA) is 38.5 Å². The number of rotatable bonds is 4. The van der Waals surface area contributed by atoms with E-state index in [1.54, 1.807) is 0 Å². The van der Waals surface area contributed by atoms with Crippen LogP contribution in [-0.4, -0.2) is 43.3 Å². The largest absolute Gasteiger partial charge is 0.377 e. The summed E-state index contributed by atoms with van der Waals surface area (Å²) in [7, 11) is 2.18. The van der Waals surface area contributed by atoms with Crippen molar-refractivity contribution in [1.29, 1.82) is 0 Å². The molecule has 1 rings (SSSR count). The zero-order valence-corrected chi connectivity index (χ0v) is 8.99. The van der Waals surface area contributed by atoms with E-state index in [0.29, 0.717) is 18.2 Å². The van der Waals surface area contributed by atoms with Crippen molar-refractivity contribution < 1.29 is 4.74 Å². The Morgan fingerprint density at radius 1 is 1.62 bits per heavy atom. The van der Waals surface area contributed by atoms with Crippen molar-refractivity contribution in [3.8, 4) is 0 Å². The van der Waals surface area contributed by atoms with E-state index in [1.165, 1.54) is 0 Å². The average molecular weight is 186 g/mol. The lowest BCUT2D eigenvalue weighted by Crippen LogP contribution is -2.43. The van der Waals surface area contributed by atoms with E-state index in [2.05, 4.69) is 25.8 Å². The van der Waals surface area contributed by atoms with Crippen LogP contribution in [0.4, 0.5) is 0 Å². The Bertz CT molecular complexity index is 152. The molecule has 1 saturated heterocycles. The lowest BCUT2D eigenvalue weighted by Gasteiger charge is -2.32. The summed E-state index contributed by atoms with van der Waals surface area (Å²) in [6.45, 7) is 6.07. The second-order valence-corrected chi connectivity index (χ2v) is 4.02. The van der Waals surface area contributed by atoms with E-state index in [-0.39, 0.29) is 0 Å². The summed E-state index contributed by atoms with van der Waals surface area (Å²) < 4.78 is 5.54. The molecule has 0 bridgehead atoms. The summed E-state index contributed by atoms with van der Waals surface area (Å²) in [4.78, 5) is 2.41. The molecule has 78 valence electrons. The maximum Gasteiger partial charge on any atom is 0.0703 e. The lowest BCUT2D eigenvalue weighted by molar-refractivity contribution is 0.0693. The second-order valence-electron chi connectivity index (χ2n) is 4.02. The zero-order chi connectivity index (χ0) is 9.84. The van der Waals surface area contributed by atoms with Gasteiger partial charge >= 0.3 is 0 Å². The summed E-state index contributed by atoms with van der Waals surface area (Å²) >= 11 is 0. The third-order valence-corrected chi connectivity index (χ3v) is 3.14. The molecule has 3 heteroatoms. The van der Waals surface area contributed by atoms with Crippen molar-refractivity contribution in [2.24, 2.45) is 5.73 Å². The Kier molecular flexibility index (Phi) is 4.16. The summed E-state index contributed by atoms with van der Waals surface area (Å²) in [5.41, 5.74) is 5.54. The Morgan fingerprint density at radius 2 is 2.31 bits per heavy atom. The van der Waals surface area contributed by atoms with E-state index in [9.17, 15) is 0 Å². The molecule has 0 aliphatic carbocycles. The van der Waals surface area contributed by atoms with Gasteiger partial charge in [0.15, 0.2) is 0 Å². The molecular formula is C10H22N2O. The van der Waals surface area contributed by atoms with E-state index in [1.807, 2.05) is 0 Å². The lowest BCUT2D eigenvalue weighted by atomic mass is 10.1. The second kappa shape index (κ2) is 4.94. The molecule has 0 spiro atoms. The number of hydrogen-bond donors (Lipinski definition) is 1.